The Labute approximate surface area is 167 Å². The second kappa shape index (κ2) is 8.57. The zero-order valence-electron chi connectivity index (χ0n) is 16.1. The van der Waals surface area contributed by atoms with Crippen molar-refractivity contribution < 1.29 is 20.1 Å². The van der Waals surface area contributed by atoms with Crippen LogP contribution in [0.5, 0.6) is 0 Å². The molecule has 0 radical (unpaired) electrons. The molecule has 158 valence electrons. The van der Waals surface area contributed by atoms with Gasteiger partial charge in [-0.1, -0.05) is 32.1 Å². The minimum absolute atomic E-state index is 0.158. The smallest absolute Gasteiger partial charge is 0.247 e. The molecule has 0 aromatic carbocycles. The van der Waals surface area contributed by atoms with Gasteiger partial charge in [-0.25, -0.2) is 10.4 Å². The Balaban J connectivity index is 1.51. The molecule has 1 aliphatic heterocycles. The maximum atomic E-state index is 10.3. The first-order valence-electron chi connectivity index (χ1n) is 9.98. The summed E-state index contributed by atoms with van der Waals surface area (Å²) in [5.41, 5.74) is 9.47. The molecule has 4 atom stereocenters. The van der Waals surface area contributed by atoms with Crippen molar-refractivity contribution in [1.29, 1.82) is 0 Å². The van der Waals surface area contributed by atoms with E-state index in [1.165, 1.54) is 43.0 Å². The van der Waals surface area contributed by atoms with Crippen LogP contribution in [-0.2, 0) is 4.74 Å². The highest BCUT2D eigenvalue weighted by atomic mass is 16.6. The number of nitrogen functional groups attached to an aromatic ring is 1. The summed E-state index contributed by atoms with van der Waals surface area (Å²) in [5.74, 6) is 1.03. The Morgan fingerprint density at radius 3 is 2.76 bits per heavy atom. The molecular weight excluding hydrogens is 378 g/mol. The van der Waals surface area contributed by atoms with E-state index >= 15 is 0 Å². The van der Waals surface area contributed by atoms with Gasteiger partial charge < -0.3 is 25.8 Å². The standard InChI is InChI=1S/C18H27N7O4/c19-15-12-16(25(9-20-12)17-14(28)13(27)11(8-26)29-17)23-18(22-15)24-21-7-6-10-4-2-1-3-5-10/h7,9-11,13-14,17,26-28H,1-6,8H2,(H3,19,22,23,24)/b21-7+. The number of aliphatic hydroxyl groups is 3. The molecule has 0 amide bonds. The first-order valence-corrected chi connectivity index (χ1v) is 9.98. The summed E-state index contributed by atoms with van der Waals surface area (Å²) in [6.07, 6.45) is 6.21. The van der Waals surface area contributed by atoms with Gasteiger partial charge in [0.2, 0.25) is 5.95 Å². The van der Waals surface area contributed by atoms with Crippen LogP contribution < -0.4 is 11.2 Å². The molecule has 0 bridgehead atoms. The summed E-state index contributed by atoms with van der Waals surface area (Å²) in [6, 6.07) is 0. The zero-order chi connectivity index (χ0) is 20.4. The molecule has 6 N–H and O–H groups in total. The topological polar surface area (TPSA) is 164 Å². The summed E-state index contributed by atoms with van der Waals surface area (Å²) in [6.45, 7) is -0.416. The molecule has 2 aromatic heterocycles. The number of nitrogens with one attached hydrogen (secondary N) is 1. The quantitative estimate of drug-likeness (QED) is 0.338. The number of anilines is 2. The Bertz CT molecular complexity index is 867. The number of hydrogen-bond donors (Lipinski definition) is 5. The lowest BCUT2D eigenvalue weighted by Gasteiger charge is -2.19. The first kappa shape index (κ1) is 20.0. The highest BCUT2D eigenvalue weighted by Crippen LogP contribution is 2.32. The molecule has 11 heteroatoms. The fourth-order valence-corrected chi connectivity index (χ4v) is 4.01. The summed E-state index contributed by atoms with van der Waals surface area (Å²) in [4.78, 5) is 12.7. The van der Waals surface area contributed by atoms with Crippen molar-refractivity contribution in [2.75, 3.05) is 17.8 Å². The predicted octanol–water partition coefficient (Wildman–Crippen LogP) is 0.388. The fraction of sp³-hybridized carbons (Fsp3) is 0.667. The van der Waals surface area contributed by atoms with Crippen LogP contribution in [0, 0.1) is 5.92 Å². The lowest BCUT2D eigenvalue weighted by Crippen LogP contribution is -2.33. The van der Waals surface area contributed by atoms with Crippen molar-refractivity contribution in [3.63, 3.8) is 0 Å². The maximum absolute atomic E-state index is 10.3. The van der Waals surface area contributed by atoms with E-state index < -0.39 is 31.1 Å². The van der Waals surface area contributed by atoms with E-state index in [0.29, 0.717) is 17.1 Å². The van der Waals surface area contributed by atoms with E-state index in [1.807, 2.05) is 6.21 Å². The van der Waals surface area contributed by atoms with Gasteiger partial charge in [0.15, 0.2) is 17.7 Å². The molecule has 4 rings (SSSR count). The minimum Gasteiger partial charge on any atom is -0.394 e. The van der Waals surface area contributed by atoms with Gasteiger partial charge in [0, 0.05) is 6.21 Å². The third-order valence-corrected chi connectivity index (χ3v) is 5.66. The number of aromatic nitrogens is 4. The van der Waals surface area contributed by atoms with Crippen LogP contribution in [-0.4, -0.2) is 66.0 Å². The number of rotatable bonds is 6. The molecular formula is C18H27N7O4. The van der Waals surface area contributed by atoms with Crippen molar-refractivity contribution in [2.45, 2.75) is 63.1 Å². The van der Waals surface area contributed by atoms with Crippen LogP contribution in [0.25, 0.3) is 11.2 Å². The van der Waals surface area contributed by atoms with Crippen LogP contribution in [0.4, 0.5) is 11.8 Å². The molecule has 4 unspecified atom stereocenters. The van der Waals surface area contributed by atoms with Crippen molar-refractivity contribution in [3.8, 4) is 0 Å². The van der Waals surface area contributed by atoms with Gasteiger partial charge in [-0.3, -0.25) is 4.57 Å². The average Bonchev–Trinajstić information content (AvgIpc) is 3.28. The Kier molecular flexibility index (Phi) is 5.90. The number of fused-ring (bicyclic) bond motifs is 1. The largest absolute Gasteiger partial charge is 0.394 e. The van der Waals surface area contributed by atoms with E-state index in [1.54, 1.807) is 0 Å². The second-order valence-electron chi connectivity index (χ2n) is 7.65. The van der Waals surface area contributed by atoms with Gasteiger partial charge in [-0.05, 0) is 12.3 Å². The molecule has 1 saturated heterocycles. The molecule has 2 aromatic rings. The number of imidazole rings is 1. The third-order valence-electron chi connectivity index (χ3n) is 5.66. The number of hydrogen-bond acceptors (Lipinski definition) is 10. The highest BCUT2D eigenvalue weighted by Gasteiger charge is 2.44. The molecule has 3 heterocycles. The first-order chi connectivity index (χ1) is 14.1. The molecule has 11 nitrogen and oxygen atoms in total. The van der Waals surface area contributed by atoms with Crippen LogP contribution in [0.2, 0.25) is 0 Å². The molecule has 29 heavy (non-hydrogen) atoms. The lowest BCUT2D eigenvalue weighted by atomic mass is 9.87. The van der Waals surface area contributed by atoms with Gasteiger partial charge >= 0.3 is 0 Å². The molecule has 1 saturated carbocycles. The summed E-state index contributed by atoms with van der Waals surface area (Å²) in [7, 11) is 0. The molecule has 2 fully saturated rings. The summed E-state index contributed by atoms with van der Waals surface area (Å²) < 4.78 is 7.02. The molecule has 2 aliphatic rings. The van der Waals surface area contributed by atoms with E-state index in [0.717, 1.165) is 6.42 Å². The van der Waals surface area contributed by atoms with Gasteiger partial charge in [-0.15, -0.1) is 0 Å². The van der Waals surface area contributed by atoms with E-state index in [-0.39, 0.29) is 11.8 Å². The zero-order valence-corrected chi connectivity index (χ0v) is 16.1. The predicted molar refractivity (Wildman–Crippen MR) is 106 cm³/mol. The number of aliphatic hydroxyl groups excluding tert-OH is 3. The molecule has 1 aliphatic carbocycles. The monoisotopic (exact) mass is 405 g/mol. The van der Waals surface area contributed by atoms with Crippen molar-refractivity contribution in [2.24, 2.45) is 11.0 Å². The second-order valence-corrected chi connectivity index (χ2v) is 7.65. The number of hydrazone groups is 1. The third kappa shape index (κ3) is 4.04. The van der Waals surface area contributed by atoms with Gasteiger partial charge in [-0.2, -0.15) is 15.1 Å². The van der Waals surface area contributed by atoms with Gasteiger partial charge in [0.05, 0.1) is 12.9 Å². The number of nitrogens with zero attached hydrogens (tertiary/aromatic N) is 5. The van der Waals surface area contributed by atoms with Gasteiger partial charge in [0.25, 0.3) is 0 Å². The summed E-state index contributed by atoms with van der Waals surface area (Å²) in [5, 5.41) is 33.8. The van der Waals surface area contributed by atoms with Crippen LogP contribution >= 0.6 is 0 Å². The lowest BCUT2D eigenvalue weighted by molar-refractivity contribution is -0.0511. The number of ether oxygens (including phenoxy) is 1. The normalized spacial score (nSPS) is 28.5. The minimum atomic E-state index is -1.24. The Morgan fingerprint density at radius 2 is 2.03 bits per heavy atom. The number of nitrogens with two attached hydrogens (primary N) is 1. The Morgan fingerprint density at radius 1 is 1.24 bits per heavy atom. The average molecular weight is 405 g/mol. The van der Waals surface area contributed by atoms with Gasteiger partial charge in [0.1, 0.15) is 23.8 Å². The molecule has 0 spiro atoms. The van der Waals surface area contributed by atoms with Crippen LogP contribution in [0.15, 0.2) is 11.4 Å². The SMILES string of the molecule is Nc1nc(N/N=C/CC2CCCCC2)nc2c1ncn2C1OC(CO)C(O)C1O. The Hall–Kier alpha value is -2.34. The van der Waals surface area contributed by atoms with Crippen molar-refractivity contribution in [1.82, 2.24) is 19.5 Å². The van der Waals surface area contributed by atoms with Crippen LogP contribution in [0.3, 0.4) is 0 Å². The van der Waals surface area contributed by atoms with Crippen molar-refractivity contribution >= 4 is 29.1 Å². The highest BCUT2D eigenvalue weighted by molar-refractivity contribution is 5.83. The van der Waals surface area contributed by atoms with Crippen molar-refractivity contribution in [3.05, 3.63) is 6.33 Å². The van der Waals surface area contributed by atoms with E-state index in [4.69, 9.17) is 10.5 Å². The fourth-order valence-electron chi connectivity index (χ4n) is 4.01. The van der Waals surface area contributed by atoms with E-state index in [9.17, 15) is 15.3 Å². The van der Waals surface area contributed by atoms with E-state index in [2.05, 4.69) is 25.5 Å². The maximum Gasteiger partial charge on any atom is 0.247 e. The summed E-state index contributed by atoms with van der Waals surface area (Å²) >= 11 is 0. The van der Waals surface area contributed by atoms with Crippen LogP contribution in [0.1, 0.15) is 44.8 Å².